The van der Waals surface area contributed by atoms with E-state index in [-0.39, 0.29) is 18.5 Å². The molecule has 6 nitrogen and oxygen atoms in total. The van der Waals surface area contributed by atoms with E-state index in [0.29, 0.717) is 5.13 Å². The number of urea groups is 1. The van der Waals surface area contributed by atoms with Crippen molar-refractivity contribution in [3.05, 3.63) is 5.01 Å². The van der Waals surface area contributed by atoms with Gasteiger partial charge >= 0.3 is 6.03 Å². The SMILES string of the molecule is CCc1nnc(NC(=O)NCC(C)(O)C(C)CC)s1. The lowest BCUT2D eigenvalue weighted by atomic mass is 9.89. The summed E-state index contributed by atoms with van der Waals surface area (Å²) in [5.74, 6) is 0.112. The highest BCUT2D eigenvalue weighted by Crippen LogP contribution is 2.19. The van der Waals surface area contributed by atoms with Gasteiger partial charge in [-0.3, -0.25) is 5.32 Å². The maximum absolute atomic E-state index is 11.7. The number of hydrogen-bond donors (Lipinski definition) is 3. The van der Waals surface area contributed by atoms with E-state index in [1.54, 1.807) is 6.92 Å². The lowest BCUT2D eigenvalue weighted by Crippen LogP contribution is -2.46. The number of amides is 2. The fraction of sp³-hybridized carbons (Fsp3) is 0.750. The molecule has 108 valence electrons. The van der Waals surface area contributed by atoms with Gasteiger partial charge in [0.15, 0.2) is 0 Å². The molecule has 0 bridgehead atoms. The van der Waals surface area contributed by atoms with Gasteiger partial charge in [0, 0.05) is 6.54 Å². The summed E-state index contributed by atoms with van der Waals surface area (Å²) in [6, 6.07) is -0.373. The number of aliphatic hydroxyl groups is 1. The van der Waals surface area contributed by atoms with Crippen molar-refractivity contribution in [1.29, 1.82) is 0 Å². The molecule has 0 radical (unpaired) electrons. The molecule has 1 aromatic heterocycles. The number of aromatic nitrogens is 2. The molecule has 0 aliphatic carbocycles. The van der Waals surface area contributed by atoms with Crippen LogP contribution in [0.4, 0.5) is 9.93 Å². The standard InChI is InChI=1S/C12H22N4O2S/c1-5-8(3)12(4,18)7-13-10(17)14-11-16-15-9(6-2)19-11/h8,18H,5-7H2,1-4H3,(H2,13,14,16,17). The minimum absolute atomic E-state index is 0.112. The van der Waals surface area contributed by atoms with E-state index in [1.807, 2.05) is 20.8 Å². The maximum Gasteiger partial charge on any atom is 0.321 e. The number of carbonyl (C=O) groups excluding carboxylic acids is 1. The topological polar surface area (TPSA) is 87.1 Å². The minimum Gasteiger partial charge on any atom is -0.388 e. The highest BCUT2D eigenvalue weighted by molar-refractivity contribution is 7.15. The van der Waals surface area contributed by atoms with Crippen molar-refractivity contribution in [3.8, 4) is 0 Å². The third-order valence-electron chi connectivity index (χ3n) is 3.27. The molecule has 19 heavy (non-hydrogen) atoms. The van der Waals surface area contributed by atoms with Crippen LogP contribution in [0.2, 0.25) is 0 Å². The Morgan fingerprint density at radius 1 is 1.47 bits per heavy atom. The smallest absolute Gasteiger partial charge is 0.321 e. The van der Waals surface area contributed by atoms with E-state index >= 15 is 0 Å². The first-order valence-electron chi connectivity index (χ1n) is 6.48. The van der Waals surface area contributed by atoms with Gasteiger partial charge in [0.2, 0.25) is 5.13 Å². The molecule has 0 saturated carbocycles. The number of nitrogens with one attached hydrogen (secondary N) is 2. The predicted molar refractivity (Wildman–Crippen MR) is 76.4 cm³/mol. The summed E-state index contributed by atoms with van der Waals surface area (Å²) in [5, 5.41) is 24.6. The van der Waals surface area contributed by atoms with E-state index in [4.69, 9.17) is 0 Å². The quantitative estimate of drug-likeness (QED) is 0.746. The Kier molecular flexibility index (Phi) is 5.68. The van der Waals surface area contributed by atoms with Crippen LogP contribution in [0.3, 0.4) is 0 Å². The van der Waals surface area contributed by atoms with Crippen LogP contribution in [0.1, 0.15) is 39.1 Å². The monoisotopic (exact) mass is 286 g/mol. The number of carbonyl (C=O) groups is 1. The van der Waals surface area contributed by atoms with Crippen molar-refractivity contribution < 1.29 is 9.90 Å². The summed E-state index contributed by atoms with van der Waals surface area (Å²) < 4.78 is 0. The van der Waals surface area contributed by atoms with E-state index in [0.717, 1.165) is 17.8 Å². The average molecular weight is 286 g/mol. The Balaban J connectivity index is 2.43. The Hall–Kier alpha value is -1.21. The third-order valence-corrected chi connectivity index (χ3v) is 4.25. The Bertz CT molecular complexity index is 420. The summed E-state index contributed by atoms with van der Waals surface area (Å²) in [6.45, 7) is 7.87. The molecule has 0 saturated heterocycles. The van der Waals surface area contributed by atoms with Crippen LogP contribution < -0.4 is 10.6 Å². The number of aryl methyl sites for hydroxylation is 1. The molecule has 3 N–H and O–H groups in total. The molecule has 2 atom stereocenters. The number of hydrogen-bond acceptors (Lipinski definition) is 5. The average Bonchev–Trinajstić information content (AvgIpc) is 2.83. The molecular weight excluding hydrogens is 264 g/mol. The fourth-order valence-corrected chi connectivity index (χ4v) is 2.14. The van der Waals surface area contributed by atoms with Gasteiger partial charge in [-0.05, 0) is 19.3 Å². The van der Waals surface area contributed by atoms with Crippen LogP contribution in [0.5, 0.6) is 0 Å². The normalized spacial score (nSPS) is 15.6. The second-order valence-corrected chi connectivity index (χ2v) is 5.89. The molecule has 2 unspecified atom stereocenters. The number of nitrogens with zero attached hydrogens (tertiary/aromatic N) is 2. The minimum atomic E-state index is -0.915. The van der Waals surface area contributed by atoms with Crippen molar-refractivity contribution in [2.45, 2.75) is 46.1 Å². The van der Waals surface area contributed by atoms with E-state index in [1.165, 1.54) is 11.3 Å². The second kappa shape index (κ2) is 6.81. The van der Waals surface area contributed by atoms with E-state index < -0.39 is 5.60 Å². The van der Waals surface area contributed by atoms with Gasteiger partial charge in [-0.25, -0.2) is 4.79 Å². The van der Waals surface area contributed by atoms with Gasteiger partial charge in [-0.2, -0.15) is 0 Å². The van der Waals surface area contributed by atoms with Crippen LogP contribution in [-0.2, 0) is 6.42 Å². The molecule has 1 heterocycles. The van der Waals surface area contributed by atoms with E-state index in [9.17, 15) is 9.90 Å². The van der Waals surface area contributed by atoms with Crippen LogP contribution in [0.15, 0.2) is 0 Å². The Morgan fingerprint density at radius 2 is 2.16 bits per heavy atom. The lowest BCUT2D eigenvalue weighted by molar-refractivity contribution is 0.00827. The van der Waals surface area contributed by atoms with Crippen molar-refractivity contribution in [3.63, 3.8) is 0 Å². The van der Waals surface area contributed by atoms with Crippen molar-refractivity contribution in [2.75, 3.05) is 11.9 Å². The molecular formula is C12H22N4O2S. The summed E-state index contributed by atoms with van der Waals surface area (Å²) in [4.78, 5) is 11.7. The summed E-state index contributed by atoms with van der Waals surface area (Å²) in [5.41, 5.74) is -0.915. The van der Waals surface area contributed by atoms with Crippen LogP contribution in [-0.4, -0.2) is 33.5 Å². The summed E-state index contributed by atoms with van der Waals surface area (Å²) in [7, 11) is 0. The number of anilines is 1. The van der Waals surface area contributed by atoms with Crippen molar-refractivity contribution >= 4 is 22.5 Å². The van der Waals surface area contributed by atoms with Gasteiger partial charge < -0.3 is 10.4 Å². The second-order valence-electron chi connectivity index (χ2n) is 4.83. The zero-order valence-corrected chi connectivity index (χ0v) is 12.7. The summed E-state index contributed by atoms with van der Waals surface area (Å²) in [6.07, 6.45) is 1.65. The largest absolute Gasteiger partial charge is 0.388 e. The molecule has 7 heteroatoms. The first-order chi connectivity index (χ1) is 8.89. The molecule has 1 rings (SSSR count). The third kappa shape index (κ3) is 4.76. The fourth-order valence-electron chi connectivity index (χ4n) is 1.46. The highest BCUT2D eigenvalue weighted by atomic mass is 32.1. The van der Waals surface area contributed by atoms with E-state index in [2.05, 4.69) is 20.8 Å². The van der Waals surface area contributed by atoms with Crippen LogP contribution in [0.25, 0.3) is 0 Å². The Morgan fingerprint density at radius 3 is 2.68 bits per heavy atom. The molecule has 0 spiro atoms. The van der Waals surface area contributed by atoms with Gasteiger partial charge in [0.05, 0.1) is 5.60 Å². The molecule has 0 aliphatic heterocycles. The molecule has 0 aliphatic rings. The maximum atomic E-state index is 11.7. The Labute approximate surface area is 117 Å². The van der Waals surface area contributed by atoms with Gasteiger partial charge in [-0.1, -0.05) is 38.5 Å². The molecule has 2 amide bonds. The van der Waals surface area contributed by atoms with Crippen LogP contribution in [0, 0.1) is 5.92 Å². The molecule has 0 aromatic carbocycles. The highest BCUT2D eigenvalue weighted by Gasteiger charge is 2.27. The molecule has 1 aromatic rings. The summed E-state index contributed by atoms with van der Waals surface area (Å²) >= 11 is 1.35. The van der Waals surface area contributed by atoms with Gasteiger partial charge in [0.1, 0.15) is 5.01 Å². The zero-order valence-electron chi connectivity index (χ0n) is 11.9. The lowest BCUT2D eigenvalue weighted by Gasteiger charge is -2.29. The molecule has 0 fully saturated rings. The van der Waals surface area contributed by atoms with Crippen molar-refractivity contribution in [1.82, 2.24) is 15.5 Å². The van der Waals surface area contributed by atoms with Gasteiger partial charge in [-0.15, -0.1) is 10.2 Å². The van der Waals surface area contributed by atoms with Gasteiger partial charge in [0.25, 0.3) is 0 Å². The zero-order chi connectivity index (χ0) is 14.5. The first kappa shape index (κ1) is 15.8. The predicted octanol–water partition coefficient (Wildman–Crippen LogP) is 2.02. The van der Waals surface area contributed by atoms with Crippen LogP contribution >= 0.6 is 11.3 Å². The first-order valence-corrected chi connectivity index (χ1v) is 7.30. The van der Waals surface area contributed by atoms with Crippen molar-refractivity contribution in [2.24, 2.45) is 5.92 Å². The number of rotatable bonds is 6.